The first-order valence-corrected chi connectivity index (χ1v) is 5.48. The summed E-state index contributed by atoms with van der Waals surface area (Å²) >= 11 is 1.79. The molecule has 0 saturated carbocycles. The molecule has 0 unspecified atom stereocenters. The molecule has 0 rings (SSSR count). The highest BCUT2D eigenvalue weighted by Gasteiger charge is 1.98. The van der Waals surface area contributed by atoms with Crippen molar-refractivity contribution in [3.05, 3.63) is 0 Å². The standard InChI is InChI=1S/C9H15NO2S/c1-12-9(11)5-4-8-13-7-3-2-6-10/h2-5,7-8H2,1H3. The second kappa shape index (κ2) is 9.40. The summed E-state index contributed by atoms with van der Waals surface area (Å²) in [5.74, 6) is 1.84. The number of unbranched alkanes of at least 4 members (excludes halogenated alkanes) is 1. The maximum Gasteiger partial charge on any atom is 0.305 e. The van der Waals surface area contributed by atoms with Crippen molar-refractivity contribution in [3.63, 3.8) is 0 Å². The van der Waals surface area contributed by atoms with Gasteiger partial charge in [-0.2, -0.15) is 17.0 Å². The van der Waals surface area contributed by atoms with Crippen molar-refractivity contribution >= 4 is 17.7 Å². The highest BCUT2D eigenvalue weighted by atomic mass is 32.2. The van der Waals surface area contributed by atoms with E-state index in [1.165, 1.54) is 7.11 Å². The average Bonchev–Trinajstić information content (AvgIpc) is 2.16. The van der Waals surface area contributed by atoms with Gasteiger partial charge in [0.25, 0.3) is 0 Å². The van der Waals surface area contributed by atoms with Crippen molar-refractivity contribution in [1.29, 1.82) is 5.26 Å². The quantitative estimate of drug-likeness (QED) is 0.467. The average molecular weight is 201 g/mol. The van der Waals surface area contributed by atoms with Crippen LogP contribution >= 0.6 is 11.8 Å². The number of esters is 1. The fourth-order valence-corrected chi connectivity index (χ4v) is 1.68. The smallest absolute Gasteiger partial charge is 0.305 e. The fraction of sp³-hybridized carbons (Fsp3) is 0.778. The van der Waals surface area contributed by atoms with Crippen molar-refractivity contribution < 1.29 is 9.53 Å². The molecule has 0 amide bonds. The van der Waals surface area contributed by atoms with Gasteiger partial charge in [0.15, 0.2) is 0 Å². The number of methoxy groups -OCH3 is 1. The number of nitriles is 1. The number of thioether (sulfide) groups is 1. The first kappa shape index (κ1) is 12.3. The second-order valence-electron chi connectivity index (χ2n) is 2.55. The minimum atomic E-state index is -0.141. The molecule has 0 N–H and O–H groups in total. The van der Waals surface area contributed by atoms with Crippen molar-refractivity contribution in [2.24, 2.45) is 0 Å². The van der Waals surface area contributed by atoms with E-state index >= 15 is 0 Å². The van der Waals surface area contributed by atoms with E-state index in [4.69, 9.17) is 5.26 Å². The highest BCUT2D eigenvalue weighted by molar-refractivity contribution is 7.99. The van der Waals surface area contributed by atoms with Crippen LogP contribution in [0.1, 0.15) is 25.7 Å². The zero-order chi connectivity index (χ0) is 9.94. The molecular weight excluding hydrogens is 186 g/mol. The molecule has 0 radical (unpaired) electrons. The molecule has 0 spiro atoms. The largest absolute Gasteiger partial charge is 0.469 e. The minimum absolute atomic E-state index is 0.141. The fourth-order valence-electron chi connectivity index (χ4n) is 0.776. The van der Waals surface area contributed by atoms with E-state index < -0.39 is 0 Å². The number of hydrogen-bond donors (Lipinski definition) is 0. The van der Waals surface area contributed by atoms with Crippen LogP contribution in [0.4, 0.5) is 0 Å². The third-order valence-electron chi connectivity index (χ3n) is 1.47. The van der Waals surface area contributed by atoms with Crippen LogP contribution in [0.15, 0.2) is 0 Å². The van der Waals surface area contributed by atoms with Crippen LogP contribution in [-0.4, -0.2) is 24.6 Å². The molecule has 0 aromatic rings. The van der Waals surface area contributed by atoms with Crippen LogP contribution in [0.5, 0.6) is 0 Å². The molecule has 0 aliphatic carbocycles. The Morgan fingerprint density at radius 2 is 2.15 bits per heavy atom. The molecule has 0 aliphatic rings. The van der Waals surface area contributed by atoms with E-state index in [9.17, 15) is 4.79 Å². The van der Waals surface area contributed by atoms with Crippen LogP contribution < -0.4 is 0 Å². The van der Waals surface area contributed by atoms with Gasteiger partial charge in [0.2, 0.25) is 0 Å². The minimum Gasteiger partial charge on any atom is -0.469 e. The lowest BCUT2D eigenvalue weighted by Crippen LogP contribution is -2.00. The molecule has 0 aromatic heterocycles. The highest BCUT2D eigenvalue weighted by Crippen LogP contribution is 2.07. The van der Waals surface area contributed by atoms with Gasteiger partial charge in [-0.25, -0.2) is 0 Å². The van der Waals surface area contributed by atoms with Gasteiger partial charge in [-0.1, -0.05) is 0 Å². The maximum atomic E-state index is 10.7. The predicted molar refractivity (Wildman–Crippen MR) is 53.4 cm³/mol. The van der Waals surface area contributed by atoms with Gasteiger partial charge in [0.05, 0.1) is 13.2 Å². The van der Waals surface area contributed by atoms with E-state index in [0.29, 0.717) is 12.8 Å². The van der Waals surface area contributed by atoms with Crippen LogP contribution in [0.3, 0.4) is 0 Å². The zero-order valence-electron chi connectivity index (χ0n) is 7.91. The number of nitrogens with zero attached hydrogens (tertiary/aromatic N) is 1. The summed E-state index contributed by atoms with van der Waals surface area (Å²) in [5, 5.41) is 8.25. The van der Waals surface area contributed by atoms with Gasteiger partial charge >= 0.3 is 5.97 Å². The first-order valence-electron chi connectivity index (χ1n) is 4.32. The summed E-state index contributed by atoms with van der Waals surface area (Å²) in [6, 6.07) is 2.10. The molecule has 0 aliphatic heterocycles. The molecule has 13 heavy (non-hydrogen) atoms. The van der Waals surface area contributed by atoms with E-state index in [0.717, 1.165) is 24.3 Å². The normalized spacial score (nSPS) is 9.23. The third kappa shape index (κ3) is 9.22. The predicted octanol–water partition coefficient (Wildman–Crippen LogP) is 1.98. The lowest BCUT2D eigenvalue weighted by Gasteiger charge is -1.99. The number of carbonyl (C=O) groups is 1. The molecule has 0 fully saturated rings. The monoisotopic (exact) mass is 201 g/mol. The molecule has 0 bridgehead atoms. The number of hydrogen-bond acceptors (Lipinski definition) is 4. The number of rotatable bonds is 7. The lowest BCUT2D eigenvalue weighted by atomic mass is 10.3. The van der Waals surface area contributed by atoms with Crippen LogP contribution in [-0.2, 0) is 9.53 Å². The van der Waals surface area contributed by atoms with Gasteiger partial charge in [0.1, 0.15) is 0 Å². The van der Waals surface area contributed by atoms with Gasteiger partial charge in [-0.15, -0.1) is 0 Å². The Balaban J connectivity index is 3.00. The lowest BCUT2D eigenvalue weighted by molar-refractivity contribution is -0.140. The van der Waals surface area contributed by atoms with Gasteiger partial charge in [0, 0.05) is 12.8 Å². The van der Waals surface area contributed by atoms with Gasteiger partial charge in [-0.3, -0.25) is 4.79 Å². The molecule has 74 valence electrons. The van der Waals surface area contributed by atoms with Crippen molar-refractivity contribution in [3.8, 4) is 6.07 Å². The Morgan fingerprint density at radius 3 is 2.77 bits per heavy atom. The van der Waals surface area contributed by atoms with Gasteiger partial charge in [-0.05, 0) is 24.3 Å². The Hall–Kier alpha value is -0.690. The topological polar surface area (TPSA) is 50.1 Å². The Morgan fingerprint density at radius 1 is 1.46 bits per heavy atom. The van der Waals surface area contributed by atoms with Crippen LogP contribution in [0, 0.1) is 11.3 Å². The van der Waals surface area contributed by atoms with E-state index in [-0.39, 0.29) is 5.97 Å². The van der Waals surface area contributed by atoms with E-state index in [2.05, 4.69) is 10.8 Å². The van der Waals surface area contributed by atoms with Gasteiger partial charge < -0.3 is 4.74 Å². The Kier molecular flexibility index (Phi) is 8.90. The SMILES string of the molecule is COC(=O)CCCSCCCC#N. The van der Waals surface area contributed by atoms with Crippen LogP contribution in [0.25, 0.3) is 0 Å². The molecular formula is C9H15NO2S. The summed E-state index contributed by atoms with van der Waals surface area (Å²) in [4.78, 5) is 10.7. The molecule has 3 nitrogen and oxygen atoms in total. The number of carbonyl (C=O) groups excluding carboxylic acids is 1. The van der Waals surface area contributed by atoms with Crippen molar-refractivity contribution in [2.45, 2.75) is 25.7 Å². The Labute approximate surface area is 83.4 Å². The summed E-state index contributed by atoms with van der Waals surface area (Å²) in [6.07, 6.45) is 2.94. The van der Waals surface area contributed by atoms with E-state index in [1.807, 2.05) is 0 Å². The van der Waals surface area contributed by atoms with Crippen LogP contribution in [0.2, 0.25) is 0 Å². The molecule has 0 aromatic carbocycles. The molecule has 4 heteroatoms. The van der Waals surface area contributed by atoms with Crippen molar-refractivity contribution in [1.82, 2.24) is 0 Å². The Bertz CT molecular complexity index is 177. The third-order valence-corrected chi connectivity index (χ3v) is 2.63. The summed E-state index contributed by atoms with van der Waals surface area (Å²) < 4.78 is 4.50. The molecule has 0 heterocycles. The van der Waals surface area contributed by atoms with E-state index in [1.54, 1.807) is 11.8 Å². The second-order valence-corrected chi connectivity index (χ2v) is 3.78. The molecule has 0 saturated heterocycles. The number of ether oxygens (including phenoxy) is 1. The summed E-state index contributed by atoms with van der Waals surface area (Å²) in [6.45, 7) is 0. The maximum absolute atomic E-state index is 10.7. The molecule has 0 atom stereocenters. The summed E-state index contributed by atoms with van der Waals surface area (Å²) in [5.41, 5.74) is 0. The zero-order valence-corrected chi connectivity index (χ0v) is 8.73. The first-order chi connectivity index (χ1) is 6.31. The summed E-state index contributed by atoms with van der Waals surface area (Å²) in [7, 11) is 1.41. The van der Waals surface area contributed by atoms with Crippen molar-refractivity contribution in [2.75, 3.05) is 18.6 Å².